The SMILES string of the molecule is COC1(CNC(=O)c2cc3ccccc3[nH]2)CCC1. The molecule has 4 heteroatoms. The number of amides is 1. The fourth-order valence-corrected chi connectivity index (χ4v) is 2.56. The fourth-order valence-electron chi connectivity index (χ4n) is 2.56. The normalized spacial score (nSPS) is 17.1. The van der Waals surface area contributed by atoms with Crippen LogP contribution in [0, 0.1) is 0 Å². The summed E-state index contributed by atoms with van der Waals surface area (Å²) in [6, 6.07) is 9.76. The van der Waals surface area contributed by atoms with Crippen molar-refractivity contribution in [1.29, 1.82) is 0 Å². The zero-order valence-electron chi connectivity index (χ0n) is 11.0. The molecule has 2 aromatic rings. The van der Waals surface area contributed by atoms with Crippen molar-refractivity contribution in [2.75, 3.05) is 13.7 Å². The van der Waals surface area contributed by atoms with Crippen LogP contribution in [0.1, 0.15) is 29.8 Å². The van der Waals surface area contributed by atoms with E-state index in [0.29, 0.717) is 12.2 Å². The number of aromatic amines is 1. The highest BCUT2D eigenvalue weighted by atomic mass is 16.5. The topological polar surface area (TPSA) is 54.1 Å². The van der Waals surface area contributed by atoms with Crippen LogP contribution in [-0.4, -0.2) is 30.1 Å². The Balaban J connectivity index is 1.70. The van der Waals surface area contributed by atoms with Gasteiger partial charge in [0.2, 0.25) is 0 Å². The van der Waals surface area contributed by atoms with Gasteiger partial charge in [0.05, 0.1) is 5.60 Å². The van der Waals surface area contributed by atoms with E-state index in [1.54, 1.807) is 7.11 Å². The summed E-state index contributed by atoms with van der Waals surface area (Å²) in [6.07, 6.45) is 3.23. The molecule has 0 atom stereocenters. The summed E-state index contributed by atoms with van der Waals surface area (Å²) in [7, 11) is 1.72. The molecule has 1 amide bonds. The number of ether oxygens (including phenoxy) is 1. The summed E-state index contributed by atoms with van der Waals surface area (Å²) < 4.78 is 5.49. The van der Waals surface area contributed by atoms with E-state index in [0.717, 1.165) is 23.7 Å². The maximum Gasteiger partial charge on any atom is 0.267 e. The second-order valence-corrected chi connectivity index (χ2v) is 5.19. The Morgan fingerprint density at radius 3 is 2.84 bits per heavy atom. The highest BCUT2D eigenvalue weighted by molar-refractivity contribution is 5.98. The minimum absolute atomic E-state index is 0.0699. The van der Waals surface area contributed by atoms with Crippen molar-refractivity contribution in [2.45, 2.75) is 24.9 Å². The number of nitrogens with one attached hydrogen (secondary N) is 2. The molecule has 0 radical (unpaired) electrons. The van der Waals surface area contributed by atoms with Crippen LogP contribution in [-0.2, 0) is 4.74 Å². The molecule has 0 bridgehead atoms. The largest absolute Gasteiger partial charge is 0.376 e. The molecule has 4 nitrogen and oxygen atoms in total. The summed E-state index contributed by atoms with van der Waals surface area (Å²) in [5.74, 6) is -0.0699. The molecule has 1 fully saturated rings. The van der Waals surface area contributed by atoms with Gasteiger partial charge in [-0.3, -0.25) is 4.79 Å². The first kappa shape index (κ1) is 12.2. The quantitative estimate of drug-likeness (QED) is 0.885. The number of para-hydroxylation sites is 1. The third kappa shape index (κ3) is 2.24. The van der Waals surface area contributed by atoms with E-state index in [2.05, 4.69) is 10.3 Å². The van der Waals surface area contributed by atoms with E-state index in [9.17, 15) is 4.79 Å². The van der Waals surface area contributed by atoms with E-state index in [1.165, 1.54) is 6.42 Å². The highest BCUT2D eigenvalue weighted by Crippen LogP contribution is 2.34. The van der Waals surface area contributed by atoms with Crippen molar-refractivity contribution in [1.82, 2.24) is 10.3 Å². The molecule has 1 saturated carbocycles. The predicted octanol–water partition coefficient (Wildman–Crippen LogP) is 2.47. The maximum atomic E-state index is 12.1. The molecule has 0 aliphatic heterocycles. The summed E-state index contributed by atoms with van der Waals surface area (Å²) in [5, 5.41) is 4.01. The average Bonchev–Trinajstić information content (AvgIpc) is 2.81. The second kappa shape index (κ2) is 4.70. The summed E-state index contributed by atoms with van der Waals surface area (Å²) in [6.45, 7) is 0.581. The van der Waals surface area contributed by atoms with E-state index < -0.39 is 0 Å². The number of H-pyrrole nitrogens is 1. The van der Waals surface area contributed by atoms with Crippen molar-refractivity contribution >= 4 is 16.8 Å². The Hall–Kier alpha value is -1.81. The predicted molar refractivity (Wildman–Crippen MR) is 74.2 cm³/mol. The van der Waals surface area contributed by atoms with Gasteiger partial charge in [0, 0.05) is 24.6 Å². The number of rotatable bonds is 4. The number of carbonyl (C=O) groups excluding carboxylic acids is 1. The number of hydrogen-bond acceptors (Lipinski definition) is 2. The van der Waals surface area contributed by atoms with E-state index in [4.69, 9.17) is 4.74 Å². The van der Waals surface area contributed by atoms with Gasteiger partial charge in [-0.2, -0.15) is 0 Å². The first-order valence-electron chi connectivity index (χ1n) is 6.64. The van der Waals surface area contributed by atoms with Gasteiger partial charge in [0.1, 0.15) is 5.69 Å². The third-order valence-corrected chi connectivity index (χ3v) is 4.04. The second-order valence-electron chi connectivity index (χ2n) is 5.19. The molecule has 1 aliphatic rings. The van der Waals surface area contributed by atoms with Crippen LogP contribution in [0.4, 0.5) is 0 Å². The van der Waals surface area contributed by atoms with Gasteiger partial charge in [-0.25, -0.2) is 0 Å². The van der Waals surface area contributed by atoms with Gasteiger partial charge < -0.3 is 15.0 Å². The number of aromatic nitrogens is 1. The van der Waals surface area contributed by atoms with Crippen LogP contribution in [0.2, 0.25) is 0 Å². The van der Waals surface area contributed by atoms with Crippen LogP contribution in [0.15, 0.2) is 30.3 Å². The van der Waals surface area contributed by atoms with Crippen molar-refractivity contribution in [3.05, 3.63) is 36.0 Å². The Labute approximate surface area is 112 Å². The monoisotopic (exact) mass is 258 g/mol. The fraction of sp³-hybridized carbons (Fsp3) is 0.400. The van der Waals surface area contributed by atoms with Crippen molar-refractivity contribution in [2.24, 2.45) is 0 Å². The molecule has 1 aromatic carbocycles. The highest BCUT2D eigenvalue weighted by Gasteiger charge is 2.37. The van der Waals surface area contributed by atoms with Gasteiger partial charge in [-0.05, 0) is 31.4 Å². The summed E-state index contributed by atoms with van der Waals surface area (Å²) >= 11 is 0. The standard InChI is InChI=1S/C15H18N2O2/c1-19-15(7-4-8-15)10-16-14(18)13-9-11-5-2-3-6-12(11)17-13/h2-3,5-6,9,17H,4,7-8,10H2,1H3,(H,16,18). The summed E-state index contributed by atoms with van der Waals surface area (Å²) in [5.41, 5.74) is 1.45. The number of carbonyl (C=O) groups is 1. The Kier molecular flexibility index (Phi) is 3.03. The molecule has 0 unspecified atom stereocenters. The third-order valence-electron chi connectivity index (χ3n) is 4.04. The van der Waals surface area contributed by atoms with Gasteiger partial charge in [0.15, 0.2) is 0 Å². The Morgan fingerprint density at radius 1 is 1.42 bits per heavy atom. The lowest BCUT2D eigenvalue weighted by atomic mass is 9.80. The molecule has 19 heavy (non-hydrogen) atoms. The van der Waals surface area contributed by atoms with Gasteiger partial charge in [-0.1, -0.05) is 18.2 Å². The molecule has 1 aliphatic carbocycles. The molecular weight excluding hydrogens is 240 g/mol. The first-order chi connectivity index (χ1) is 9.22. The maximum absolute atomic E-state index is 12.1. The van der Waals surface area contributed by atoms with E-state index >= 15 is 0 Å². The minimum atomic E-state index is -0.137. The van der Waals surface area contributed by atoms with Crippen LogP contribution in [0.5, 0.6) is 0 Å². The molecule has 0 spiro atoms. The zero-order chi connectivity index (χ0) is 13.3. The van der Waals surface area contributed by atoms with Crippen molar-refractivity contribution in [3.63, 3.8) is 0 Å². The first-order valence-corrected chi connectivity index (χ1v) is 6.64. The molecule has 2 N–H and O–H groups in total. The molecule has 100 valence electrons. The van der Waals surface area contributed by atoms with Crippen LogP contribution >= 0.6 is 0 Å². The lowest BCUT2D eigenvalue weighted by Gasteiger charge is -2.40. The molecule has 3 rings (SSSR count). The van der Waals surface area contributed by atoms with Gasteiger partial charge >= 0.3 is 0 Å². The lowest BCUT2D eigenvalue weighted by molar-refractivity contribution is -0.0679. The Morgan fingerprint density at radius 2 is 2.21 bits per heavy atom. The van der Waals surface area contributed by atoms with Crippen molar-refractivity contribution < 1.29 is 9.53 Å². The van der Waals surface area contributed by atoms with Gasteiger partial charge in [-0.15, -0.1) is 0 Å². The van der Waals surface area contributed by atoms with E-state index in [-0.39, 0.29) is 11.5 Å². The minimum Gasteiger partial charge on any atom is -0.376 e. The smallest absolute Gasteiger partial charge is 0.267 e. The number of fused-ring (bicyclic) bond motifs is 1. The van der Waals surface area contributed by atoms with Crippen LogP contribution in [0.3, 0.4) is 0 Å². The number of benzene rings is 1. The van der Waals surface area contributed by atoms with Crippen molar-refractivity contribution in [3.8, 4) is 0 Å². The zero-order valence-corrected chi connectivity index (χ0v) is 11.0. The van der Waals surface area contributed by atoms with Gasteiger partial charge in [0.25, 0.3) is 5.91 Å². The molecular formula is C15H18N2O2. The van der Waals surface area contributed by atoms with E-state index in [1.807, 2.05) is 30.3 Å². The molecule has 1 aromatic heterocycles. The summed E-state index contributed by atoms with van der Waals surface area (Å²) in [4.78, 5) is 15.3. The molecule has 0 saturated heterocycles. The van der Waals surface area contributed by atoms with Crippen LogP contribution in [0.25, 0.3) is 10.9 Å². The van der Waals surface area contributed by atoms with Crippen LogP contribution < -0.4 is 5.32 Å². The lowest BCUT2D eigenvalue weighted by Crippen LogP contribution is -2.49. The number of methoxy groups -OCH3 is 1. The molecule has 1 heterocycles. The average molecular weight is 258 g/mol. The Bertz CT molecular complexity index is 560. The number of hydrogen-bond donors (Lipinski definition) is 2.